The van der Waals surface area contributed by atoms with Crippen LogP contribution in [0.5, 0.6) is 0 Å². The lowest BCUT2D eigenvalue weighted by atomic mass is 10.1. The molecule has 1 heterocycles. The van der Waals surface area contributed by atoms with Crippen LogP contribution in [0, 0.1) is 0 Å². The zero-order valence-electron chi connectivity index (χ0n) is 12.2. The molecule has 1 aliphatic rings. The molecule has 0 radical (unpaired) electrons. The number of aliphatic imine (C=N–C) groups is 2. The molecule has 0 saturated carbocycles. The van der Waals surface area contributed by atoms with Gasteiger partial charge in [0.2, 0.25) is 5.90 Å². The molecule has 0 spiro atoms. The minimum absolute atomic E-state index is 0.0948. The van der Waals surface area contributed by atoms with E-state index in [-0.39, 0.29) is 10.6 Å². The number of alkyl halides is 6. The summed E-state index contributed by atoms with van der Waals surface area (Å²) in [6.07, 6.45) is -11.6. The van der Waals surface area contributed by atoms with Crippen LogP contribution < -0.4 is 0 Å². The van der Waals surface area contributed by atoms with E-state index in [9.17, 15) is 26.3 Å². The quantitative estimate of drug-likeness (QED) is 0.701. The monoisotopic (exact) mass is 373 g/mol. The van der Waals surface area contributed by atoms with Gasteiger partial charge in [-0.15, -0.1) is 0 Å². The Hall–Kier alpha value is -1.97. The summed E-state index contributed by atoms with van der Waals surface area (Å²) in [5, 5.41) is 0.0948. The highest BCUT2D eigenvalue weighted by molar-refractivity contribution is 6.31. The second-order valence-corrected chi connectivity index (χ2v) is 5.42. The third kappa shape index (κ3) is 3.14. The number of amidine groups is 1. The zero-order valence-corrected chi connectivity index (χ0v) is 13.0. The molecule has 0 atom stereocenters. The Balaban J connectivity index is 2.72. The lowest BCUT2D eigenvalue weighted by Crippen LogP contribution is -2.57. The van der Waals surface area contributed by atoms with Crippen LogP contribution in [0.15, 0.2) is 34.3 Å². The Bertz CT molecular complexity index is 682. The molecule has 0 aromatic heterocycles. The molecule has 2 rings (SSSR count). The summed E-state index contributed by atoms with van der Waals surface area (Å²) in [5.41, 5.74) is -4.80. The molecule has 0 aliphatic carbocycles. The maximum Gasteiger partial charge on any atom is 0.443 e. The van der Waals surface area contributed by atoms with Crippen molar-refractivity contribution in [1.29, 1.82) is 0 Å². The highest BCUT2D eigenvalue weighted by Crippen LogP contribution is 2.48. The SMILES string of the molecule is CN(C)C1=NC(C(F)(F)F)(C(F)(F)F)N=C(c2cccc(Cl)c2)O1. The Labute approximate surface area is 137 Å². The lowest BCUT2D eigenvalue weighted by molar-refractivity contribution is -0.293. The van der Waals surface area contributed by atoms with Crippen LogP contribution in [0.3, 0.4) is 0 Å². The van der Waals surface area contributed by atoms with Crippen molar-refractivity contribution in [3.8, 4) is 0 Å². The number of benzene rings is 1. The largest absolute Gasteiger partial charge is 0.443 e. The van der Waals surface area contributed by atoms with E-state index in [2.05, 4.69) is 9.98 Å². The average Bonchev–Trinajstić information content (AvgIpc) is 2.44. The molecule has 24 heavy (non-hydrogen) atoms. The highest BCUT2D eigenvalue weighted by atomic mass is 35.5. The van der Waals surface area contributed by atoms with Gasteiger partial charge in [0.15, 0.2) is 0 Å². The summed E-state index contributed by atoms with van der Waals surface area (Å²) >= 11 is 5.72. The van der Waals surface area contributed by atoms with Gasteiger partial charge in [0.25, 0.3) is 6.02 Å². The summed E-state index contributed by atoms with van der Waals surface area (Å²) < 4.78 is 84.6. The molecular formula is C13H10ClF6N3O. The van der Waals surface area contributed by atoms with Crippen molar-refractivity contribution in [2.75, 3.05) is 14.1 Å². The number of hydrogen-bond donors (Lipinski definition) is 0. The molecule has 1 aliphatic heterocycles. The number of hydrogen-bond acceptors (Lipinski definition) is 4. The van der Waals surface area contributed by atoms with Crippen LogP contribution in [-0.2, 0) is 4.74 Å². The van der Waals surface area contributed by atoms with Crippen molar-refractivity contribution >= 4 is 23.5 Å². The molecule has 0 N–H and O–H groups in total. The summed E-state index contributed by atoms with van der Waals surface area (Å²) in [7, 11) is 2.38. The van der Waals surface area contributed by atoms with E-state index in [1.54, 1.807) is 0 Å². The maximum absolute atomic E-state index is 13.3. The number of ether oxygens (including phenoxy) is 1. The minimum atomic E-state index is -5.82. The van der Waals surface area contributed by atoms with Gasteiger partial charge in [0, 0.05) is 24.7 Å². The number of nitrogens with zero attached hydrogens (tertiary/aromatic N) is 3. The predicted octanol–water partition coefficient (Wildman–Crippen LogP) is 3.86. The molecule has 0 bridgehead atoms. The second-order valence-electron chi connectivity index (χ2n) is 4.99. The smallest absolute Gasteiger partial charge is 0.406 e. The molecule has 1 aromatic carbocycles. The molecule has 11 heteroatoms. The summed E-state index contributed by atoms with van der Waals surface area (Å²) in [4.78, 5) is 6.36. The van der Waals surface area contributed by atoms with E-state index in [0.717, 1.165) is 11.0 Å². The van der Waals surface area contributed by atoms with Gasteiger partial charge in [-0.1, -0.05) is 17.7 Å². The first-order chi connectivity index (χ1) is 10.9. The van der Waals surface area contributed by atoms with Crippen LogP contribution in [0.2, 0.25) is 5.02 Å². The predicted molar refractivity (Wildman–Crippen MR) is 75.0 cm³/mol. The first-order valence-corrected chi connectivity index (χ1v) is 6.69. The van der Waals surface area contributed by atoms with Crippen LogP contribution in [-0.4, -0.2) is 48.9 Å². The van der Waals surface area contributed by atoms with Crippen molar-refractivity contribution in [3.63, 3.8) is 0 Å². The second kappa shape index (κ2) is 5.83. The van der Waals surface area contributed by atoms with E-state index in [4.69, 9.17) is 16.3 Å². The van der Waals surface area contributed by atoms with Gasteiger partial charge >= 0.3 is 18.0 Å². The lowest BCUT2D eigenvalue weighted by Gasteiger charge is -2.34. The van der Waals surface area contributed by atoms with Crippen molar-refractivity contribution in [3.05, 3.63) is 34.9 Å². The van der Waals surface area contributed by atoms with Gasteiger partial charge in [-0.25, -0.2) is 4.99 Å². The molecule has 0 unspecified atom stereocenters. The fourth-order valence-corrected chi connectivity index (χ4v) is 1.98. The Morgan fingerprint density at radius 1 is 1.04 bits per heavy atom. The van der Waals surface area contributed by atoms with Crippen LogP contribution >= 0.6 is 11.6 Å². The van der Waals surface area contributed by atoms with Gasteiger partial charge in [0.1, 0.15) is 0 Å². The third-order valence-electron chi connectivity index (χ3n) is 2.95. The zero-order chi connectivity index (χ0) is 18.3. The highest BCUT2D eigenvalue weighted by Gasteiger charge is 2.74. The number of halogens is 7. The fourth-order valence-electron chi connectivity index (χ4n) is 1.79. The van der Waals surface area contributed by atoms with E-state index < -0.39 is 29.9 Å². The topological polar surface area (TPSA) is 37.2 Å². The van der Waals surface area contributed by atoms with E-state index in [1.165, 1.54) is 32.3 Å². The van der Waals surface area contributed by atoms with Crippen LogP contribution in [0.25, 0.3) is 0 Å². The van der Waals surface area contributed by atoms with E-state index in [0.29, 0.717) is 0 Å². The van der Waals surface area contributed by atoms with Gasteiger partial charge in [-0.2, -0.15) is 31.3 Å². The first-order valence-electron chi connectivity index (χ1n) is 6.31. The molecule has 0 fully saturated rings. The van der Waals surface area contributed by atoms with Crippen molar-refractivity contribution in [2.45, 2.75) is 18.0 Å². The van der Waals surface area contributed by atoms with Gasteiger partial charge < -0.3 is 9.64 Å². The van der Waals surface area contributed by atoms with Crippen molar-refractivity contribution in [1.82, 2.24) is 4.90 Å². The summed E-state index contributed by atoms with van der Waals surface area (Å²) in [5.74, 6) is -0.883. The third-order valence-corrected chi connectivity index (χ3v) is 3.19. The van der Waals surface area contributed by atoms with E-state index in [1.807, 2.05) is 0 Å². The maximum atomic E-state index is 13.3. The molecule has 132 valence electrons. The fraction of sp³-hybridized carbons (Fsp3) is 0.385. The Morgan fingerprint density at radius 3 is 2.08 bits per heavy atom. The van der Waals surface area contributed by atoms with Crippen LogP contribution in [0.4, 0.5) is 26.3 Å². The summed E-state index contributed by atoms with van der Waals surface area (Å²) in [6.45, 7) is 0. The van der Waals surface area contributed by atoms with Crippen molar-refractivity contribution in [2.24, 2.45) is 9.98 Å². The molecular weight excluding hydrogens is 364 g/mol. The minimum Gasteiger partial charge on any atom is -0.406 e. The first kappa shape index (κ1) is 18.4. The summed E-state index contributed by atoms with van der Waals surface area (Å²) in [6, 6.07) is 4.22. The van der Waals surface area contributed by atoms with Crippen LogP contribution in [0.1, 0.15) is 5.56 Å². The van der Waals surface area contributed by atoms with Crippen molar-refractivity contribution < 1.29 is 31.1 Å². The molecule has 1 aromatic rings. The van der Waals surface area contributed by atoms with Gasteiger partial charge in [0.05, 0.1) is 0 Å². The standard InChI is InChI=1S/C13H10ClF6N3O/c1-23(2)10-22-11(12(15,16)17,13(18,19)20)21-9(24-10)7-4-3-5-8(14)6-7/h3-6H,1-2H3. The molecule has 4 nitrogen and oxygen atoms in total. The Kier molecular flexibility index (Phi) is 4.47. The Morgan fingerprint density at radius 2 is 1.62 bits per heavy atom. The molecule has 0 saturated heterocycles. The number of rotatable bonds is 1. The normalized spacial score (nSPS) is 17.7. The molecule has 0 amide bonds. The average molecular weight is 374 g/mol. The van der Waals surface area contributed by atoms with Gasteiger partial charge in [-0.3, -0.25) is 0 Å². The van der Waals surface area contributed by atoms with Gasteiger partial charge in [-0.05, 0) is 18.2 Å². The van der Waals surface area contributed by atoms with E-state index >= 15 is 0 Å².